The minimum atomic E-state index is -0.443. The van der Waals surface area contributed by atoms with Gasteiger partial charge in [0.25, 0.3) is 5.91 Å². The highest BCUT2D eigenvalue weighted by molar-refractivity contribution is 6.00. The van der Waals surface area contributed by atoms with Crippen molar-refractivity contribution in [1.82, 2.24) is 14.5 Å². The molecule has 2 saturated heterocycles. The summed E-state index contributed by atoms with van der Waals surface area (Å²) >= 11 is 0. The Morgan fingerprint density at radius 1 is 1.23 bits per heavy atom. The van der Waals surface area contributed by atoms with Gasteiger partial charge in [-0.1, -0.05) is 0 Å². The van der Waals surface area contributed by atoms with Crippen LogP contribution in [-0.4, -0.2) is 51.6 Å². The maximum Gasteiger partial charge on any atom is 0.257 e. The molecule has 138 valence electrons. The van der Waals surface area contributed by atoms with Crippen molar-refractivity contribution in [2.75, 3.05) is 13.1 Å². The van der Waals surface area contributed by atoms with Crippen molar-refractivity contribution in [1.29, 1.82) is 0 Å². The molecule has 2 aromatic rings. The van der Waals surface area contributed by atoms with Crippen molar-refractivity contribution in [2.24, 2.45) is 11.7 Å². The predicted molar refractivity (Wildman–Crippen MR) is 95.6 cm³/mol. The summed E-state index contributed by atoms with van der Waals surface area (Å²) in [5.74, 6) is 0.0458. The fourth-order valence-electron chi connectivity index (χ4n) is 4.11. The second-order valence-electron chi connectivity index (χ2n) is 7.36. The van der Waals surface area contributed by atoms with Crippen LogP contribution in [0.4, 0.5) is 0 Å². The number of hydrogen-bond acceptors (Lipinski definition) is 4. The molecule has 26 heavy (non-hydrogen) atoms. The van der Waals surface area contributed by atoms with E-state index in [2.05, 4.69) is 5.10 Å². The Kier molecular flexibility index (Phi) is 4.40. The zero-order valence-electron chi connectivity index (χ0n) is 14.9. The van der Waals surface area contributed by atoms with E-state index in [9.17, 15) is 9.59 Å². The van der Waals surface area contributed by atoms with E-state index in [4.69, 9.17) is 10.5 Å². The zero-order chi connectivity index (χ0) is 18.3. The van der Waals surface area contributed by atoms with Crippen molar-refractivity contribution in [3.05, 3.63) is 35.7 Å². The highest BCUT2D eigenvalue weighted by atomic mass is 16.5. The average Bonchev–Trinajstić information content (AvgIpc) is 3.28. The number of fused-ring (bicyclic) bond motifs is 1. The highest BCUT2D eigenvalue weighted by Crippen LogP contribution is 2.32. The van der Waals surface area contributed by atoms with Gasteiger partial charge in [-0.3, -0.25) is 9.59 Å². The zero-order valence-corrected chi connectivity index (χ0v) is 14.9. The third kappa shape index (κ3) is 3.07. The van der Waals surface area contributed by atoms with Crippen LogP contribution in [0.15, 0.2) is 24.5 Å². The molecule has 0 radical (unpaired) electrons. The number of aryl methyl sites for hydroxylation is 1. The van der Waals surface area contributed by atoms with Gasteiger partial charge in [-0.15, -0.1) is 0 Å². The smallest absolute Gasteiger partial charge is 0.257 e. The first-order valence-electron chi connectivity index (χ1n) is 9.21. The van der Waals surface area contributed by atoms with Crippen molar-refractivity contribution in [2.45, 2.75) is 44.8 Å². The molecular formula is C19H24N4O3. The molecule has 0 aliphatic carbocycles. The van der Waals surface area contributed by atoms with Crippen LogP contribution in [0.2, 0.25) is 0 Å². The van der Waals surface area contributed by atoms with Gasteiger partial charge in [-0.2, -0.15) is 5.10 Å². The topological polar surface area (TPSA) is 89.9 Å². The fourth-order valence-corrected chi connectivity index (χ4v) is 4.11. The second-order valence-corrected chi connectivity index (χ2v) is 7.36. The average molecular weight is 356 g/mol. The lowest BCUT2D eigenvalue weighted by Gasteiger charge is -2.34. The minimum Gasteiger partial charge on any atom is -0.367 e. The van der Waals surface area contributed by atoms with Crippen LogP contribution in [0.5, 0.6) is 0 Å². The van der Waals surface area contributed by atoms with Gasteiger partial charge in [0.1, 0.15) is 6.10 Å². The SMILES string of the molecule is Cc1ccn2ncc(C(=O)N3CCC([C@@H]4CC[C@H](C(N)=O)O4)CC3)c2c1. The Labute approximate surface area is 152 Å². The number of pyridine rings is 1. The molecule has 4 heterocycles. The maximum absolute atomic E-state index is 12.9. The molecule has 0 bridgehead atoms. The highest BCUT2D eigenvalue weighted by Gasteiger charge is 2.36. The Bertz CT molecular complexity index is 838. The number of primary amides is 1. The van der Waals surface area contributed by atoms with Gasteiger partial charge in [0.2, 0.25) is 5.91 Å². The summed E-state index contributed by atoms with van der Waals surface area (Å²) in [6.07, 6.45) is 6.54. The molecule has 7 nitrogen and oxygen atoms in total. The monoisotopic (exact) mass is 356 g/mol. The Hall–Kier alpha value is -2.41. The normalized spacial score (nSPS) is 24.3. The molecule has 2 aliphatic rings. The Morgan fingerprint density at radius 2 is 2.00 bits per heavy atom. The van der Waals surface area contributed by atoms with Gasteiger partial charge in [-0.05, 0) is 56.2 Å². The van der Waals surface area contributed by atoms with Crippen LogP contribution >= 0.6 is 0 Å². The van der Waals surface area contributed by atoms with E-state index in [1.807, 2.05) is 30.2 Å². The van der Waals surface area contributed by atoms with Crippen molar-refractivity contribution >= 4 is 17.3 Å². The summed E-state index contributed by atoms with van der Waals surface area (Å²) in [5.41, 5.74) is 7.94. The summed E-state index contributed by atoms with van der Waals surface area (Å²) in [6.45, 7) is 3.41. The number of aromatic nitrogens is 2. The van der Waals surface area contributed by atoms with Gasteiger partial charge in [0.15, 0.2) is 0 Å². The molecule has 7 heteroatoms. The Balaban J connectivity index is 1.41. The molecule has 2 atom stereocenters. The first kappa shape index (κ1) is 17.0. The quantitative estimate of drug-likeness (QED) is 0.903. The predicted octanol–water partition coefficient (Wildman–Crippen LogP) is 1.53. The van der Waals surface area contributed by atoms with Crippen LogP contribution in [0.1, 0.15) is 41.6 Å². The molecule has 2 aliphatic heterocycles. The van der Waals surface area contributed by atoms with E-state index in [-0.39, 0.29) is 17.9 Å². The first-order valence-corrected chi connectivity index (χ1v) is 9.21. The summed E-state index contributed by atoms with van der Waals surface area (Å²) in [7, 11) is 0. The molecule has 0 aromatic carbocycles. The van der Waals surface area contributed by atoms with Crippen molar-refractivity contribution in [3.8, 4) is 0 Å². The standard InChI is InChI=1S/C19H24N4O3/c1-12-4-9-23-15(10-12)14(11-21-23)19(25)22-7-5-13(6-8-22)16-2-3-17(26-16)18(20)24/h4,9-11,13,16-17H,2-3,5-8H2,1H3,(H2,20,24)/t16-,17+/m0/s1. The first-order chi connectivity index (χ1) is 12.5. The third-order valence-corrected chi connectivity index (χ3v) is 5.63. The lowest BCUT2D eigenvalue weighted by Crippen LogP contribution is -2.41. The number of ether oxygens (including phenoxy) is 1. The number of carbonyl (C=O) groups is 2. The van der Waals surface area contributed by atoms with Crippen LogP contribution in [0.3, 0.4) is 0 Å². The molecule has 2 aromatic heterocycles. The molecule has 0 saturated carbocycles. The number of amides is 2. The van der Waals surface area contributed by atoms with Crippen LogP contribution in [0, 0.1) is 12.8 Å². The van der Waals surface area contributed by atoms with Gasteiger partial charge in [0.05, 0.1) is 23.4 Å². The number of piperidine rings is 1. The van der Waals surface area contributed by atoms with E-state index < -0.39 is 6.10 Å². The molecule has 2 amide bonds. The van der Waals surface area contributed by atoms with Gasteiger partial charge < -0.3 is 15.4 Å². The van der Waals surface area contributed by atoms with Gasteiger partial charge in [-0.25, -0.2) is 4.52 Å². The fraction of sp³-hybridized carbons (Fsp3) is 0.526. The largest absolute Gasteiger partial charge is 0.367 e. The molecule has 2 N–H and O–H groups in total. The van der Waals surface area contributed by atoms with Crippen molar-refractivity contribution in [3.63, 3.8) is 0 Å². The van der Waals surface area contributed by atoms with E-state index in [0.29, 0.717) is 31.0 Å². The number of hydrogen-bond donors (Lipinski definition) is 1. The third-order valence-electron chi connectivity index (χ3n) is 5.63. The maximum atomic E-state index is 12.9. The van der Waals surface area contributed by atoms with Gasteiger partial charge >= 0.3 is 0 Å². The number of nitrogens with zero attached hydrogens (tertiary/aromatic N) is 3. The Morgan fingerprint density at radius 3 is 2.69 bits per heavy atom. The molecule has 0 unspecified atom stereocenters. The van der Waals surface area contributed by atoms with E-state index >= 15 is 0 Å². The summed E-state index contributed by atoms with van der Waals surface area (Å²) in [6, 6.07) is 3.96. The number of rotatable bonds is 3. The number of nitrogens with two attached hydrogens (primary N) is 1. The van der Waals surface area contributed by atoms with Crippen molar-refractivity contribution < 1.29 is 14.3 Å². The number of likely N-dealkylation sites (tertiary alicyclic amines) is 1. The minimum absolute atomic E-state index is 0.0337. The van der Waals surface area contributed by atoms with E-state index in [1.54, 1.807) is 10.7 Å². The second kappa shape index (κ2) is 6.72. The lowest BCUT2D eigenvalue weighted by molar-refractivity contribution is -0.130. The van der Waals surface area contributed by atoms with E-state index in [1.165, 1.54) is 0 Å². The van der Waals surface area contributed by atoms with Crippen LogP contribution in [0.25, 0.3) is 5.52 Å². The van der Waals surface area contributed by atoms with Crippen LogP contribution in [-0.2, 0) is 9.53 Å². The molecule has 4 rings (SSSR count). The number of carbonyl (C=O) groups excluding carboxylic acids is 2. The molecular weight excluding hydrogens is 332 g/mol. The summed E-state index contributed by atoms with van der Waals surface area (Å²) < 4.78 is 7.55. The lowest BCUT2D eigenvalue weighted by atomic mass is 9.89. The van der Waals surface area contributed by atoms with Crippen LogP contribution < -0.4 is 5.73 Å². The molecule has 0 spiro atoms. The summed E-state index contributed by atoms with van der Waals surface area (Å²) in [5, 5.41) is 4.28. The van der Waals surface area contributed by atoms with E-state index in [0.717, 1.165) is 30.3 Å². The van der Waals surface area contributed by atoms with Gasteiger partial charge in [0, 0.05) is 19.3 Å². The summed E-state index contributed by atoms with van der Waals surface area (Å²) in [4.78, 5) is 26.1. The molecule has 2 fully saturated rings.